The Kier molecular flexibility index (Phi) is 4.64. The molecule has 0 N–H and O–H groups in total. The summed E-state index contributed by atoms with van der Waals surface area (Å²) in [7, 11) is 0. The van der Waals surface area contributed by atoms with Crippen LogP contribution < -0.4 is 0 Å². The molecule has 1 aromatic rings. The van der Waals surface area contributed by atoms with E-state index in [1.165, 1.54) is 11.1 Å². The van der Waals surface area contributed by atoms with Crippen molar-refractivity contribution in [2.24, 2.45) is 0 Å². The predicted molar refractivity (Wildman–Crippen MR) is 60.5 cm³/mol. The summed E-state index contributed by atoms with van der Waals surface area (Å²) >= 11 is 0.404. The van der Waals surface area contributed by atoms with Crippen LogP contribution in [0.1, 0.15) is 18.1 Å². The van der Waals surface area contributed by atoms with Gasteiger partial charge in [-0.15, -0.1) is 0 Å². The third kappa shape index (κ3) is 4.40. The van der Waals surface area contributed by atoms with Crippen LogP contribution in [-0.2, 0) is 10.1 Å². The molecule has 74 valence electrons. The van der Waals surface area contributed by atoms with E-state index < -0.39 is 0 Å². The molecule has 14 heavy (non-hydrogen) atoms. The number of benzene rings is 1. The molecule has 1 nitrogen and oxygen atoms in total. The summed E-state index contributed by atoms with van der Waals surface area (Å²) in [6.45, 7) is 3.67. The molecule has 0 bridgehead atoms. The fourth-order valence-corrected chi connectivity index (χ4v) is 2.59. The second-order valence-electron chi connectivity index (χ2n) is 3.21. The first-order valence-corrected chi connectivity index (χ1v) is 6.73. The zero-order chi connectivity index (χ0) is 10.4. The van der Waals surface area contributed by atoms with Crippen molar-refractivity contribution in [2.45, 2.75) is 19.2 Å². The summed E-state index contributed by atoms with van der Waals surface area (Å²) in [6, 6.07) is 8.55. The Morgan fingerprint density at radius 1 is 1.36 bits per heavy atom. The molecule has 0 aliphatic heterocycles. The quantitative estimate of drug-likeness (QED) is 0.594. The van der Waals surface area contributed by atoms with Crippen LogP contribution in [0.15, 0.2) is 35.3 Å². The Hall–Kier alpha value is -0.851. The van der Waals surface area contributed by atoms with Crippen LogP contribution >= 0.6 is 0 Å². The number of hydrogen-bond acceptors (Lipinski definition) is 1. The molecule has 0 spiro atoms. The molecule has 1 aromatic carbocycles. The number of ketones is 1. The van der Waals surface area contributed by atoms with Crippen LogP contribution in [0.2, 0.25) is 0 Å². The van der Waals surface area contributed by atoms with E-state index in [0.29, 0.717) is 15.0 Å². The van der Waals surface area contributed by atoms with Gasteiger partial charge in [0.2, 0.25) is 0 Å². The Balaban J connectivity index is 2.39. The maximum atomic E-state index is 10.6. The molecule has 0 atom stereocenters. The molecule has 2 heteroatoms. The standard InChI is InChI=1S/C12H14OSe/c1-10-3-5-12(6-4-10)9-14-8-7-11(2)13/h3-8H,9H2,1-2H3/b8-7+. The Labute approximate surface area is 91.4 Å². The van der Waals surface area contributed by atoms with Crippen molar-refractivity contribution in [3.63, 3.8) is 0 Å². The average Bonchev–Trinajstić information content (AvgIpc) is 2.15. The third-order valence-electron chi connectivity index (χ3n) is 1.77. The number of hydrogen-bond donors (Lipinski definition) is 0. The van der Waals surface area contributed by atoms with Gasteiger partial charge in [0.15, 0.2) is 0 Å². The van der Waals surface area contributed by atoms with Crippen LogP contribution in [0.5, 0.6) is 0 Å². The van der Waals surface area contributed by atoms with Crippen molar-refractivity contribution < 1.29 is 4.79 Å². The Morgan fingerprint density at radius 2 is 2.00 bits per heavy atom. The van der Waals surface area contributed by atoms with E-state index in [2.05, 4.69) is 31.2 Å². The molecule has 0 saturated heterocycles. The van der Waals surface area contributed by atoms with Gasteiger partial charge in [0.05, 0.1) is 0 Å². The zero-order valence-corrected chi connectivity index (χ0v) is 10.2. The number of aryl methyl sites for hydroxylation is 1. The van der Waals surface area contributed by atoms with Gasteiger partial charge in [0, 0.05) is 0 Å². The summed E-state index contributed by atoms with van der Waals surface area (Å²) in [5, 5.41) is 1.07. The van der Waals surface area contributed by atoms with E-state index in [1.54, 1.807) is 13.0 Å². The van der Waals surface area contributed by atoms with Crippen LogP contribution in [0.4, 0.5) is 0 Å². The van der Waals surface area contributed by atoms with E-state index in [-0.39, 0.29) is 5.78 Å². The van der Waals surface area contributed by atoms with Gasteiger partial charge in [-0.1, -0.05) is 0 Å². The zero-order valence-electron chi connectivity index (χ0n) is 8.49. The molecule has 0 saturated carbocycles. The molecule has 0 amide bonds. The van der Waals surface area contributed by atoms with Gasteiger partial charge >= 0.3 is 91.1 Å². The molecule has 0 aliphatic carbocycles. The number of rotatable bonds is 4. The van der Waals surface area contributed by atoms with E-state index >= 15 is 0 Å². The van der Waals surface area contributed by atoms with E-state index in [4.69, 9.17) is 0 Å². The first-order chi connectivity index (χ1) is 6.68. The summed E-state index contributed by atoms with van der Waals surface area (Å²) in [5.41, 5.74) is 2.64. The molecule has 1 rings (SSSR count). The number of allylic oxidation sites excluding steroid dienone is 1. The van der Waals surface area contributed by atoms with Gasteiger partial charge in [-0.25, -0.2) is 0 Å². The maximum absolute atomic E-state index is 10.6. The normalized spacial score (nSPS) is 10.7. The second kappa shape index (κ2) is 5.79. The fraction of sp³-hybridized carbons (Fsp3) is 0.250. The summed E-state index contributed by atoms with van der Waals surface area (Å²) in [4.78, 5) is 12.6. The first kappa shape index (κ1) is 11.2. The number of carbonyl (C=O) groups is 1. The molecular weight excluding hydrogens is 239 g/mol. The van der Waals surface area contributed by atoms with Crippen molar-refractivity contribution in [1.82, 2.24) is 0 Å². The molecule has 0 radical (unpaired) electrons. The van der Waals surface area contributed by atoms with E-state index in [0.717, 1.165) is 5.32 Å². The van der Waals surface area contributed by atoms with Gasteiger partial charge in [0.1, 0.15) is 0 Å². The third-order valence-corrected chi connectivity index (χ3v) is 3.51. The average molecular weight is 253 g/mol. The van der Waals surface area contributed by atoms with Crippen LogP contribution in [0, 0.1) is 6.92 Å². The Bertz CT molecular complexity index is 325. The van der Waals surface area contributed by atoms with Gasteiger partial charge in [0.25, 0.3) is 0 Å². The van der Waals surface area contributed by atoms with Crippen molar-refractivity contribution in [2.75, 3.05) is 0 Å². The minimum absolute atomic E-state index is 0.135. The van der Waals surface area contributed by atoms with Gasteiger partial charge in [-0.3, -0.25) is 0 Å². The monoisotopic (exact) mass is 254 g/mol. The van der Waals surface area contributed by atoms with Crippen molar-refractivity contribution in [3.8, 4) is 0 Å². The van der Waals surface area contributed by atoms with Crippen molar-refractivity contribution in [1.29, 1.82) is 0 Å². The van der Waals surface area contributed by atoms with Crippen molar-refractivity contribution in [3.05, 3.63) is 46.4 Å². The predicted octanol–water partition coefficient (Wildman–Crippen LogP) is 2.30. The topological polar surface area (TPSA) is 17.1 Å². The molecule has 0 aliphatic rings. The van der Waals surface area contributed by atoms with Crippen molar-refractivity contribution >= 4 is 20.7 Å². The molecule has 0 heterocycles. The molecule has 0 aromatic heterocycles. The molecule has 0 unspecified atom stereocenters. The van der Waals surface area contributed by atoms with Crippen LogP contribution in [0.3, 0.4) is 0 Å². The van der Waals surface area contributed by atoms with E-state index in [9.17, 15) is 4.79 Å². The number of carbonyl (C=O) groups excluding carboxylic acids is 1. The Morgan fingerprint density at radius 3 is 2.57 bits per heavy atom. The van der Waals surface area contributed by atoms with Gasteiger partial charge in [-0.05, 0) is 0 Å². The summed E-state index contributed by atoms with van der Waals surface area (Å²) < 4.78 is 0. The fourth-order valence-electron chi connectivity index (χ4n) is 0.973. The molecular formula is C12H14OSe. The second-order valence-corrected chi connectivity index (χ2v) is 5.09. The van der Waals surface area contributed by atoms with Gasteiger partial charge < -0.3 is 0 Å². The first-order valence-electron chi connectivity index (χ1n) is 4.53. The van der Waals surface area contributed by atoms with E-state index in [1.807, 2.05) is 4.97 Å². The summed E-state index contributed by atoms with van der Waals surface area (Å²) in [5.74, 6) is 0.135. The van der Waals surface area contributed by atoms with Crippen LogP contribution in [0.25, 0.3) is 0 Å². The van der Waals surface area contributed by atoms with Gasteiger partial charge in [-0.2, -0.15) is 0 Å². The summed E-state index contributed by atoms with van der Waals surface area (Å²) in [6.07, 6.45) is 1.66. The molecule has 0 fully saturated rings. The SMILES string of the molecule is CC(=O)/C=C/[Se]Cc1ccc(C)cc1. The van der Waals surface area contributed by atoms with Crippen LogP contribution in [-0.4, -0.2) is 20.7 Å². The minimum atomic E-state index is 0.135.